The second-order valence-electron chi connectivity index (χ2n) is 4.36. The van der Waals surface area contributed by atoms with Crippen molar-refractivity contribution in [2.45, 2.75) is 32.6 Å². The van der Waals surface area contributed by atoms with Gasteiger partial charge >= 0.3 is 0 Å². The number of nitrogens with zero attached hydrogens (tertiary/aromatic N) is 1. The maximum absolute atomic E-state index is 11.8. The van der Waals surface area contributed by atoms with E-state index in [1.807, 2.05) is 32.0 Å². The third-order valence-electron chi connectivity index (χ3n) is 2.71. The number of carbonyl (C=O) groups excluding carboxylic acids is 1. The fraction of sp³-hybridized carbons (Fsp3) is 0.769. The van der Waals surface area contributed by atoms with Crippen molar-refractivity contribution in [2.75, 3.05) is 27.2 Å². The molecule has 0 saturated carbocycles. The number of unbranched alkanes of at least 4 members (excludes halogenated alkanes) is 3. The largest absolute Gasteiger partial charge is 0.345 e. The van der Waals surface area contributed by atoms with Gasteiger partial charge in [0.05, 0.1) is 0 Å². The van der Waals surface area contributed by atoms with Gasteiger partial charge < -0.3 is 10.2 Å². The van der Waals surface area contributed by atoms with Gasteiger partial charge in [-0.3, -0.25) is 4.79 Å². The van der Waals surface area contributed by atoms with Gasteiger partial charge in [-0.05, 0) is 26.3 Å². The van der Waals surface area contributed by atoms with E-state index >= 15 is 0 Å². The highest BCUT2D eigenvalue weighted by atomic mass is 35.5. The van der Waals surface area contributed by atoms with Gasteiger partial charge in [-0.2, -0.15) is 0 Å². The molecule has 1 amide bonds. The lowest BCUT2D eigenvalue weighted by atomic mass is 10.1. The molecule has 1 N–H and O–H groups in total. The lowest BCUT2D eigenvalue weighted by Crippen LogP contribution is -2.36. The first kappa shape index (κ1) is 18.8. The topological polar surface area (TPSA) is 32.3 Å². The molecule has 0 heterocycles. The molecular weight excluding hydrogens is 236 g/mol. The summed E-state index contributed by atoms with van der Waals surface area (Å²) in [5.74, 6) is 0.307. The van der Waals surface area contributed by atoms with E-state index in [9.17, 15) is 4.79 Å². The van der Waals surface area contributed by atoms with Gasteiger partial charge in [0, 0.05) is 26.1 Å². The van der Waals surface area contributed by atoms with Crippen LogP contribution in [0.5, 0.6) is 0 Å². The van der Waals surface area contributed by atoms with Gasteiger partial charge in [0.2, 0.25) is 5.91 Å². The number of halogens is 1. The molecule has 3 nitrogen and oxygen atoms in total. The van der Waals surface area contributed by atoms with Crippen LogP contribution in [0.15, 0.2) is 12.7 Å². The number of hydrogen-bond acceptors (Lipinski definition) is 2. The zero-order valence-corrected chi connectivity index (χ0v) is 12.2. The number of hydrogen-bond donors (Lipinski definition) is 1. The van der Waals surface area contributed by atoms with E-state index < -0.39 is 0 Å². The molecule has 1 atom stereocenters. The number of allylic oxidation sites excluding steroid dienone is 1. The minimum absolute atomic E-state index is 0. The monoisotopic (exact) mass is 262 g/mol. The average Bonchev–Trinajstić information content (AvgIpc) is 2.27. The van der Waals surface area contributed by atoms with Crippen LogP contribution in [0.3, 0.4) is 0 Å². The molecule has 0 aromatic carbocycles. The molecule has 1 unspecified atom stereocenters. The fourth-order valence-corrected chi connectivity index (χ4v) is 1.69. The Hall–Kier alpha value is -0.540. The number of carbonyl (C=O) groups is 1. The van der Waals surface area contributed by atoms with Crippen LogP contribution in [0.2, 0.25) is 0 Å². The summed E-state index contributed by atoms with van der Waals surface area (Å²) in [6, 6.07) is 0. The Morgan fingerprint density at radius 3 is 2.59 bits per heavy atom. The fourth-order valence-electron chi connectivity index (χ4n) is 1.69. The highest BCUT2D eigenvalue weighted by Gasteiger charge is 2.15. The predicted octanol–water partition coefficient (Wildman–Crippen LogP) is 2.47. The molecule has 0 saturated heterocycles. The third kappa shape index (κ3) is 9.19. The molecule has 0 aliphatic rings. The Kier molecular flexibility index (Phi) is 13.2. The normalized spacial score (nSPS) is 11.5. The third-order valence-corrected chi connectivity index (χ3v) is 2.71. The summed E-state index contributed by atoms with van der Waals surface area (Å²) >= 11 is 0. The minimum atomic E-state index is 0. The predicted molar refractivity (Wildman–Crippen MR) is 76.6 cm³/mol. The molecular formula is C13H27ClN2O. The second-order valence-corrected chi connectivity index (χ2v) is 4.36. The highest BCUT2D eigenvalue weighted by molar-refractivity contribution is 5.85. The van der Waals surface area contributed by atoms with Crippen LogP contribution in [0.4, 0.5) is 0 Å². The Morgan fingerprint density at radius 2 is 2.06 bits per heavy atom. The van der Waals surface area contributed by atoms with Crippen LogP contribution < -0.4 is 5.32 Å². The van der Waals surface area contributed by atoms with Gasteiger partial charge in [0.1, 0.15) is 0 Å². The van der Waals surface area contributed by atoms with Crippen molar-refractivity contribution in [3.8, 4) is 0 Å². The first-order valence-corrected chi connectivity index (χ1v) is 6.14. The van der Waals surface area contributed by atoms with E-state index in [1.54, 1.807) is 0 Å². The number of nitrogens with one attached hydrogen (secondary N) is 1. The Balaban J connectivity index is 0. The van der Waals surface area contributed by atoms with E-state index in [-0.39, 0.29) is 24.2 Å². The van der Waals surface area contributed by atoms with Gasteiger partial charge in [-0.25, -0.2) is 0 Å². The zero-order chi connectivity index (χ0) is 12.4. The highest BCUT2D eigenvalue weighted by Crippen LogP contribution is 2.04. The van der Waals surface area contributed by atoms with Crippen molar-refractivity contribution in [1.29, 1.82) is 0 Å². The first-order valence-electron chi connectivity index (χ1n) is 6.14. The molecule has 4 heteroatoms. The molecule has 17 heavy (non-hydrogen) atoms. The molecule has 0 spiro atoms. The minimum Gasteiger partial charge on any atom is -0.345 e. The quantitative estimate of drug-likeness (QED) is 0.511. The lowest BCUT2D eigenvalue weighted by Gasteiger charge is -2.21. The van der Waals surface area contributed by atoms with E-state index in [4.69, 9.17) is 0 Å². The van der Waals surface area contributed by atoms with Crippen molar-refractivity contribution in [3.63, 3.8) is 0 Å². The number of amides is 1. The lowest BCUT2D eigenvalue weighted by molar-refractivity contribution is -0.133. The maximum Gasteiger partial charge on any atom is 0.226 e. The Labute approximate surface area is 112 Å². The van der Waals surface area contributed by atoms with Crippen LogP contribution in [-0.4, -0.2) is 38.0 Å². The van der Waals surface area contributed by atoms with Crippen LogP contribution >= 0.6 is 12.4 Å². The molecule has 0 radical (unpaired) electrons. The molecule has 0 rings (SSSR count). The molecule has 0 aliphatic carbocycles. The average molecular weight is 263 g/mol. The first-order chi connectivity index (χ1) is 7.63. The molecule has 0 aromatic heterocycles. The van der Waals surface area contributed by atoms with E-state index in [2.05, 4.69) is 11.9 Å². The van der Waals surface area contributed by atoms with Crippen molar-refractivity contribution in [2.24, 2.45) is 5.92 Å². The van der Waals surface area contributed by atoms with Crippen LogP contribution in [0.1, 0.15) is 32.6 Å². The van der Waals surface area contributed by atoms with Gasteiger partial charge in [-0.15, -0.1) is 19.0 Å². The van der Waals surface area contributed by atoms with E-state index in [0.717, 1.165) is 25.9 Å². The summed E-state index contributed by atoms with van der Waals surface area (Å²) in [6.45, 7) is 7.27. The van der Waals surface area contributed by atoms with Gasteiger partial charge in [0.25, 0.3) is 0 Å². The summed E-state index contributed by atoms with van der Waals surface area (Å²) in [5, 5.41) is 3.03. The van der Waals surface area contributed by atoms with E-state index in [1.165, 1.54) is 12.8 Å². The summed E-state index contributed by atoms with van der Waals surface area (Å²) in [6.07, 6.45) is 6.46. The summed E-state index contributed by atoms with van der Waals surface area (Å²) < 4.78 is 0. The summed E-state index contributed by atoms with van der Waals surface area (Å²) in [4.78, 5) is 13.7. The second kappa shape index (κ2) is 11.9. The standard InChI is InChI=1S/C13H26N2O.ClH/c1-5-6-7-8-9-10-15(4)13(16)12(2)11-14-3;/h5,12,14H,1,6-11H2,2-4H3;1H. The summed E-state index contributed by atoms with van der Waals surface area (Å²) in [5.41, 5.74) is 0. The van der Waals surface area contributed by atoms with Crippen LogP contribution in [-0.2, 0) is 4.79 Å². The van der Waals surface area contributed by atoms with Crippen molar-refractivity contribution in [1.82, 2.24) is 10.2 Å². The van der Waals surface area contributed by atoms with E-state index in [0.29, 0.717) is 0 Å². The van der Waals surface area contributed by atoms with Crippen LogP contribution in [0, 0.1) is 5.92 Å². The molecule has 0 fully saturated rings. The zero-order valence-electron chi connectivity index (χ0n) is 11.4. The Bertz CT molecular complexity index is 210. The summed E-state index contributed by atoms with van der Waals surface area (Å²) in [7, 11) is 3.76. The van der Waals surface area contributed by atoms with Gasteiger partial charge in [-0.1, -0.05) is 19.4 Å². The van der Waals surface area contributed by atoms with Crippen molar-refractivity contribution >= 4 is 18.3 Å². The van der Waals surface area contributed by atoms with Crippen molar-refractivity contribution in [3.05, 3.63) is 12.7 Å². The van der Waals surface area contributed by atoms with Crippen molar-refractivity contribution < 1.29 is 4.79 Å². The molecule has 0 aromatic rings. The molecule has 0 bridgehead atoms. The Morgan fingerprint density at radius 1 is 1.41 bits per heavy atom. The molecule has 102 valence electrons. The smallest absolute Gasteiger partial charge is 0.226 e. The number of rotatable bonds is 9. The maximum atomic E-state index is 11.8. The van der Waals surface area contributed by atoms with Gasteiger partial charge in [0.15, 0.2) is 0 Å². The SMILES string of the molecule is C=CCCCCCN(C)C(=O)C(C)CNC.Cl. The van der Waals surface area contributed by atoms with Crippen LogP contribution in [0.25, 0.3) is 0 Å². The molecule has 0 aliphatic heterocycles.